The quantitative estimate of drug-likeness (QED) is 0.938. The highest BCUT2D eigenvalue weighted by molar-refractivity contribution is 9.10. The predicted octanol–water partition coefficient (Wildman–Crippen LogP) is 3.22. The summed E-state index contributed by atoms with van der Waals surface area (Å²) in [5.41, 5.74) is 7.86. The molecular formula is C15H13BrN2O2. The third-order valence-corrected chi connectivity index (χ3v) is 3.84. The zero-order valence-corrected chi connectivity index (χ0v) is 12.3. The van der Waals surface area contributed by atoms with Gasteiger partial charge in [-0.25, -0.2) is 4.98 Å². The number of nitrogens with two attached hydrogens (primary N) is 1. The van der Waals surface area contributed by atoms with Gasteiger partial charge in [0.25, 0.3) is 5.91 Å². The van der Waals surface area contributed by atoms with E-state index in [9.17, 15) is 4.79 Å². The van der Waals surface area contributed by atoms with E-state index in [0.717, 1.165) is 35.0 Å². The molecule has 1 aliphatic carbocycles. The Balaban J connectivity index is 1.99. The van der Waals surface area contributed by atoms with Gasteiger partial charge in [-0.3, -0.25) is 4.79 Å². The molecule has 0 atom stereocenters. The number of fused-ring (bicyclic) bond motifs is 1. The molecule has 1 amide bonds. The molecule has 1 heterocycles. The van der Waals surface area contributed by atoms with Gasteiger partial charge in [0.05, 0.1) is 0 Å². The summed E-state index contributed by atoms with van der Waals surface area (Å²) in [6.07, 6.45) is 2.93. The molecule has 1 aliphatic rings. The minimum atomic E-state index is -0.515. The number of rotatable bonds is 3. The lowest BCUT2D eigenvalue weighted by Crippen LogP contribution is -2.14. The molecule has 5 heteroatoms. The summed E-state index contributed by atoms with van der Waals surface area (Å²) in [6, 6.07) is 9.17. The summed E-state index contributed by atoms with van der Waals surface area (Å²) in [4.78, 5) is 16.0. The third-order valence-electron chi connectivity index (χ3n) is 3.31. The molecule has 0 saturated heterocycles. The Hall–Kier alpha value is -1.88. The molecule has 1 aromatic carbocycles. The van der Waals surface area contributed by atoms with Crippen molar-refractivity contribution in [2.45, 2.75) is 19.3 Å². The number of pyridine rings is 1. The van der Waals surface area contributed by atoms with E-state index < -0.39 is 5.91 Å². The highest BCUT2D eigenvalue weighted by Gasteiger charge is 2.20. The summed E-state index contributed by atoms with van der Waals surface area (Å²) >= 11 is 3.36. The number of primary amides is 1. The van der Waals surface area contributed by atoms with Crippen LogP contribution in [0.2, 0.25) is 0 Å². The fraction of sp³-hybridized carbons (Fsp3) is 0.200. The van der Waals surface area contributed by atoms with Gasteiger partial charge in [-0.15, -0.1) is 0 Å². The summed E-state index contributed by atoms with van der Waals surface area (Å²) in [7, 11) is 0. The molecule has 2 N–H and O–H groups in total. The molecule has 0 saturated carbocycles. The molecule has 1 aromatic heterocycles. The summed E-state index contributed by atoms with van der Waals surface area (Å²) in [6.45, 7) is 0. The number of nitrogens with zero attached hydrogens (tertiary/aromatic N) is 1. The van der Waals surface area contributed by atoms with Gasteiger partial charge >= 0.3 is 0 Å². The molecule has 0 radical (unpaired) electrons. The van der Waals surface area contributed by atoms with Crippen molar-refractivity contribution in [3.05, 3.63) is 51.6 Å². The van der Waals surface area contributed by atoms with Gasteiger partial charge in [0.15, 0.2) is 0 Å². The number of aromatic nitrogens is 1. The van der Waals surface area contributed by atoms with Gasteiger partial charge < -0.3 is 10.5 Å². The SMILES string of the molecule is NC(=O)c1cc2c(nc1Oc1ccc(Br)cc1)CCC2. The molecule has 0 spiro atoms. The minimum Gasteiger partial charge on any atom is -0.438 e. The highest BCUT2D eigenvalue weighted by atomic mass is 79.9. The van der Waals surface area contributed by atoms with Crippen molar-refractivity contribution in [1.29, 1.82) is 0 Å². The maximum absolute atomic E-state index is 11.6. The second-order valence-electron chi connectivity index (χ2n) is 4.72. The maximum Gasteiger partial charge on any atom is 0.254 e. The lowest BCUT2D eigenvalue weighted by Gasteiger charge is -2.10. The van der Waals surface area contributed by atoms with Crippen LogP contribution in [-0.2, 0) is 12.8 Å². The van der Waals surface area contributed by atoms with Crippen LogP contribution >= 0.6 is 15.9 Å². The Kier molecular flexibility index (Phi) is 3.44. The average Bonchev–Trinajstić information content (AvgIpc) is 2.87. The first-order chi connectivity index (χ1) is 9.63. The van der Waals surface area contributed by atoms with Crippen LogP contribution in [0.15, 0.2) is 34.8 Å². The first-order valence-electron chi connectivity index (χ1n) is 6.39. The van der Waals surface area contributed by atoms with E-state index in [4.69, 9.17) is 10.5 Å². The topological polar surface area (TPSA) is 65.2 Å². The van der Waals surface area contributed by atoms with Gasteiger partial charge in [0.2, 0.25) is 5.88 Å². The van der Waals surface area contributed by atoms with Crippen molar-refractivity contribution in [2.75, 3.05) is 0 Å². The monoisotopic (exact) mass is 332 g/mol. The van der Waals surface area contributed by atoms with E-state index in [1.54, 1.807) is 0 Å². The van der Waals surface area contributed by atoms with E-state index in [0.29, 0.717) is 17.2 Å². The fourth-order valence-corrected chi connectivity index (χ4v) is 2.59. The number of aryl methyl sites for hydroxylation is 2. The highest BCUT2D eigenvalue weighted by Crippen LogP contribution is 2.29. The lowest BCUT2D eigenvalue weighted by molar-refractivity contribution is 0.0997. The van der Waals surface area contributed by atoms with Crippen molar-refractivity contribution in [1.82, 2.24) is 4.98 Å². The second-order valence-corrected chi connectivity index (χ2v) is 5.64. The molecule has 0 aliphatic heterocycles. The third kappa shape index (κ3) is 2.54. The molecule has 20 heavy (non-hydrogen) atoms. The number of carbonyl (C=O) groups excluding carboxylic acids is 1. The van der Waals surface area contributed by atoms with Crippen molar-refractivity contribution in [3.8, 4) is 11.6 Å². The van der Waals surface area contributed by atoms with Crippen LogP contribution in [0.25, 0.3) is 0 Å². The average molecular weight is 333 g/mol. The first kappa shape index (κ1) is 13.1. The van der Waals surface area contributed by atoms with Crippen molar-refractivity contribution in [2.24, 2.45) is 5.73 Å². The van der Waals surface area contributed by atoms with Gasteiger partial charge in [-0.1, -0.05) is 15.9 Å². The molecule has 2 aromatic rings. The van der Waals surface area contributed by atoms with E-state index in [1.807, 2.05) is 30.3 Å². The van der Waals surface area contributed by atoms with E-state index in [1.165, 1.54) is 0 Å². The number of amides is 1. The zero-order chi connectivity index (χ0) is 14.1. The Bertz CT molecular complexity index is 668. The van der Waals surface area contributed by atoms with Crippen molar-refractivity contribution < 1.29 is 9.53 Å². The van der Waals surface area contributed by atoms with Crippen LogP contribution in [0.5, 0.6) is 11.6 Å². The zero-order valence-electron chi connectivity index (χ0n) is 10.7. The Labute approximate surface area is 125 Å². The summed E-state index contributed by atoms with van der Waals surface area (Å²) in [5, 5.41) is 0. The Morgan fingerprint density at radius 3 is 2.70 bits per heavy atom. The minimum absolute atomic E-state index is 0.292. The van der Waals surface area contributed by atoms with Crippen LogP contribution in [0.4, 0.5) is 0 Å². The molecule has 0 bridgehead atoms. The van der Waals surface area contributed by atoms with Crippen molar-refractivity contribution in [3.63, 3.8) is 0 Å². The van der Waals surface area contributed by atoms with Gasteiger partial charge in [-0.2, -0.15) is 0 Å². The maximum atomic E-state index is 11.6. The van der Waals surface area contributed by atoms with E-state index in [-0.39, 0.29) is 0 Å². The molecular weight excluding hydrogens is 320 g/mol. The van der Waals surface area contributed by atoms with Crippen LogP contribution in [-0.4, -0.2) is 10.9 Å². The molecule has 0 unspecified atom stereocenters. The number of benzene rings is 1. The van der Waals surface area contributed by atoms with E-state index >= 15 is 0 Å². The lowest BCUT2D eigenvalue weighted by atomic mass is 10.1. The Morgan fingerprint density at radius 2 is 2.00 bits per heavy atom. The Morgan fingerprint density at radius 1 is 1.25 bits per heavy atom. The second kappa shape index (κ2) is 5.25. The standard InChI is InChI=1S/C15H13BrN2O2/c16-10-4-6-11(7-5-10)20-15-12(14(17)19)8-9-2-1-3-13(9)18-15/h4-8H,1-3H2,(H2,17,19). The van der Waals surface area contributed by atoms with Gasteiger partial charge in [0, 0.05) is 10.2 Å². The number of hydrogen-bond acceptors (Lipinski definition) is 3. The number of hydrogen-bond donors (Lipinski definition) is 1. The number of ether oxygens (including phenoxy) is 1. The largest absolute Gasteiger partial charge is 0.438 e. The van der Waals surface area contributed by atoms with Gasteiger partial charge in [-0.05, 0) is 55.2 Å². The van der Waals surface area contributed by atoms with Crippen molar-refractivity contribution >= 4 is 21.8 Å². The molecule has 3 rings (SSSR count). The van der Waals surface area contributed by atoms with Crippen LogP contribution in [0.1, 0.15) is 28.0 Å². The fourth-order valence-electron chi connectivity index (χ4n) is 2.32. The van der Waals surface area contributed by atoms with E-state index in [2.05, 4.69) is 20.9 Å². The summed E-state index contributed by atoms with van der Waals surface area (Å²) in [5.74, 6) is 0.404. The smallest absolute Gasteiger partial charge is 0.254 e. The molecule has 102 valence electrons. The van der Waals surface area contributed by atoms with Gasteiger partial charge in [0.1, 0.15) is 11.3 Å². The number of halogens is 1. The molecule has 0 fully saturated rings. The molecule has 4 nitrogen and oxygen atoms in total. The number of carbonyl (C=O) groups is 1. The van der Waals surface area contributed by atoms with Crippen LogP contribution < -0.4 is 10.5 Å². The summed E-state index contributed by atoms with van der Waals surface area (Å²) < 4.78 is 6.68. The van der Waals surface area contributed by atoms with Crippen LogP contribution in [0, 0.1) is 0 Å². The predicted molar refractivity (Wildman–Crippen MR) is 79.0 cm³/mol. The first-order valence-corrected chi connectivity index (χ1v) is 7.19. The van der Waals surface area contributed by atoms with Crippen LogP contribution in [0.3, 0.4) is 0 Å². The normalized spacial score (nSPS) is 13.1.